The molecule has 0 radical (unpaired) electrons. The lowest BCUT2D eigenvalue weighted by Gasteiger charge is -2.27. The number of nitrogens with zero attached hydrogens (tertiary/aromatic N) is 2. The Morgan fingerprint density at radius 3 is 2.39 bits per heavy atom. The zero-order chi connectivity index (χ0) is 20.1. The predicted molar refractivity (Wildman–Crippen MR) is 106 cm³/mol. The Labute approximate surface area is 164 Å². The largest absolute Gasteiger partial charge is 0.497 e. The molecular weight excluding hydrogens is 356 g/mol. The van der Waals surface area contributed by atoms with Crippen molar-refractivity contribution in [3.8, 4) is 5.75 Å². The first-order valence-electron chi connectivity index (χ1n) is 9.39. The molecule has 28 heavy (non-hydrogen) atoms. The molecule has 0 unspecified atom stereocenters. The zero-order valence-electron chi connectivity index (χ0n) is 16.1. The van der Waals surface area contributed by atoms with E-state index in [0.717, 1.165) is 5.56 Å². The van der Waals surface area contributed by atoms with Gasteiger partial charge in [-0.2, -0.15) is 0 Å². The van der Waals surface area contributed by atoms with Gasteiger partial charge in [-0.05, 0) is 36.2 Å². The summed E-state index contributed by atoms with van der Waals surface area (Å²) in [5.41, 5.74) is 1.57. The van der Waals surface area contributed by atoms with Crippen molar-refractivity contribution in [2.45, 2.75) is 32.2 Å². The molecule has 1 heterocycles. The van der Waals surface area contributed by atoms with Crippen molar-refractivity contribution in [2.24, 2.45) is 0 Å². The number of imide groups is 1. The average molecular weight is 380 g/mol. The van der Waals surface area contributed by atoms with Crippen molar-refractivity contribution < 1.29 is 19.1 Å². The van der Waals surface area contributed by atoms with E-state index in [1.165, 1.54) is 4.90 Å². The molecule has 3 rings (SSSR count). The fourth-order valence-electron chi connectivity index (χ4n) is 3.41. The highest BCUT2D eigenvalue weighted by Crippen LogP contribution is 2.27. The molecule has 6 heteroatoms. The van der Waals surface area contributed by atoms with E-state index in [9.17, 15) is 14.4 Å². The maximum Gasteiger partial charge on any atom is 0.257 e. The lowest BCUT2D eigenvalue weighted by Crippen LogP contribution is -2.46. The molecule has 1 aliphatic heterocycles. The van der Waals surface area contributed by atoms with Crippen LogP contribution in [0.3, 0.4) is 0 Å². The van der Waals surface area contributed by atoms with Crippen LogP contribution in [0, 0.1) is 0 Å². The monoisotopic (exact) mass is 380 g/mol. The normalized spacial score (nSPS) is 16.4. The van der Waals surface area contributed by atoms with Gasteiger partial charge in [0.05, 0.1) is 19.2 Å². The third kappa shape index (κ3) is 4.06. The van der Waals surface area contributed by atoms with Crippen LogP contribution < -0.4 is 9.64 Å². The Morgan fingerprint density at radius 2 is 1.79 bits per heavy atom. The second-order valence-corrected chi connectivity index (χ2v) is 6.66. The summed E-state index contributed by atoms with van der Waals surface area (Å²) in [6.45, 7) is 2.16. The van der Waals surface area contributed by atoms with Crippen LogP contribution in [0.15, 0.2) is 54.6 Å². The lowest BCUT2D eigenvalue weighted by molar-refractivity contribution is -0.138. The maximum absolute atomic E-state index is 13.0. The van der Waals surface area contributed by atoms with Crippen LogP contribution in [-0.4, -0.2) is 42.3 Å². The van der Waals surface area contributed by atoms with Crippen molar-refractivity contribution in [1.29, 1.82) is 0 Å². The minimum absolute atomic E-state index is 0.00535. The molecule has 2 aromatic carbocycles. The number of anilines is 1. The summed E-state index contributed by atoms with van der Waals surface area (Å²) in [6.07, 6.45) is 0.924. The maximum atomic E-state index is 13.0. The molecule has 1 atom stereocenters. The molecular formula is C22H24N2O4. The molecule has 0 spiro atoms. The number of carbonyl (C=O) groups is 3. The molecule has 146 valence electrons. The second kappa shape index (κ2) is 8.69. The molecule has 1 aliphatic rings. The fourth-order valence-corrected chi connectivity index (χ4v) is 3.41. The Balaban J connectivity index is 1.79. The van der Waals surface area contributed by atoms with Crippen LogP contribution in [0.2, 0.25) is 0 Å². The van der Waals surface area contributed by atoms with E-state index in [-0.39, 0.29) is 30.6 Å². The first-order chi connectivity index (χ1) is 13.5. The molecule has 0 bridgehead atoms. The summed E-state index contributed by atoms with van der Waals surface area (Å²) in [4.78, 5) is 40.8. The third-order valence-corrected chi connectivity index (χ3v) is 4.94. The first kappa shape index (κ1) is 19.6. The number of benzene rings is 2. The predicted octanol–water partition coefficient (Wildman–Crippen LogP) is 2.81. The van der Waals surface area contributed by atoms with E-state index in [2.05, 4.69) is 0 Å². The quantitative estimate of drug-likeness (QED) is 0.693. The van der Waals surface area contributed by atoms with Crippen molar-refractivity contribution in [1.82, 2.24) is 4.90 Å². The molecule has 0 aromatic heterocycles. The fraction of sp³-hybridized carbons (Fsp3) is 0.318. The summed E-state index contributed by atoms with van der Waals surface area (Å²) in [5.74, 6) is -0.137. The van der Waals surface area contributed by atoms with Crippen molar-refractivity contribution >= 4 is 23.4 Å². The van der Waals surface area contributed by atoms with Gasteiger partial charge in [0.15, 0.2) is 0 Å². The van der Waals surface area contributed by atoms with Gasteiger partial charge in [0, 0.05) is 13.0 Å². The van der Waals surface area contributed by atoms with Gasteiger partial charge in [-0.1, -0.05) is 37.3 Å². The summed E-state index contributed by atoms with van der Waals surface area (Å²) in [7, 11) is 1.55. The van der Waals surface area contributed by atoms with Gasteiger partial charge < -0.3 is 9.64 Å². The second-order valence-electron chi connectivity index (χ2n) is 6.66. The first-order valence-corrected chi connectivity index (χ1v) is 9.39. The Morgan fingerprint density at radius 1 is 1.11 bits per heavy atom. The van der Waals surface area contributed by atoms with Crippen molar-refractivity contribution in [2.75, 3.05) is 18.6 Å². The van der Waals surface area contributed by atoms with E-state index < -0.39 is 6.04 Å². The van der Waals surface area contributed by atoms with Crippen LogP contribution >= 0.6 is 0 Å². The topological polar surface area (TPSA) is 66.9 Å². The van der Waals surface area contributed by atoms with E-state index in [1.807, 2.05) is 30.3 Å². The standard InChI is InChI=1S/C22H24N2O4/c1-3-20(25)23(14-13-16-7-5-4-6-8-16)19-15-21(26)24(22(19)27)17-9-11-18(28-2)12-10-17/h4-12,19H,3,13-15H2,1-2H3/t19-/m0/s1. The lowest BCUT2D eigenvalue weighted by atomic mass is 10.1. The molecule has 1 fully saturated rings. The van der Waals surface area contributed by atoms with E-state index >= 15 is 0 Å². The SMILES string of the molecule is CCC(=O)N(CCc1ccccc1)[C@H]1CC(=O)N(c2ccc(OC)cc2)C1=O. The minimum atomic E-state index is -0.759. The summed E-state index contributed by atoms with van der Waals surface area (Å²) in [5, 5.41) is 0. The molecule has 6 nitrogen and oxygen atoms in total. The number of hydrogen-bond acceptors (Lipinski definition) is 4. The van der Waals surface area contributed by atoms with Gasteiger partial charge >= 0.3 is 0 Å². The van der Waals surface area contributed by atoms with Crippen LogP contribution in [0.4, 0.5) is 5.69 Å². The number of ether oxygens (including phenoxy) is 1. The van der Waals surface area contributed by atoms with Gasteiger partial charge in [-0.3, -0.25) is 14.4 Å². The summed E-state index contributed by atoms with van der Waals surface area (Å²) in [6, 6.07) is 15.8. The van der Waals surface area contributed by atoms with Crippen LogP contribution in [-0.2, 0) is 20.8 Å². The smallest absolute Gasteiger partial charge is 0.257 e. The van der Waals surface area contributed by atoms with Gasteiger partial charge in [0.25, 0.3) is 5.91 Å². The van der Waals surface area contributed by atoms with Gasteiger partial charge in [-0.15, -0.1) is 0 Å². The summed E-state index contributed by atoms with van der Waals surface area (Å²) >= 11 is 0. The van der Waals surface area contributed by atoms with E-state index in [1.54, 1.807) is 43.2 Å². The van der Waals surface area contributed by atoms with E-state index in [4.69, 9.17) is 4.74 Å². The molecule has 3 amide bonds. The number of methoxy groups -OCH3 is 1. The Kier molecular flexibility index (Phi) is 6.09. The van der Waals surface area contributed by atoms with Crippen LogP contribution in [0.5, 0.6) is 5.75 Å². The average Bonchev–Trinajstić information content (AvgIpc) is 3.02. The minimum Gasteiger partial charge on any atom is -0.497 e. The zero-order valence-corrected chi connectivity index (χ0v) is 16.1. The molecule has 0 saturated carbocycles. The Bertz CT molecular complexity index is 849. The van der Waals surface area contributed by atoms with Gasteiger partial charge in [-0.25, -0.2) is 4.90 Å². The number of carbonyl (C=O) groups excluding carboxylic acids is 3. The highest BCUT2D eigenvalue weighted by atomic mass is 16.5. The number of amides is 3. The summed E-state index contributed by atoms with van der Waals surface area (Å²) < 4.78 is 5.12. The number of hydrogen-bond donors (Lipinski definition) is 0. The van der Waals surface area contributed by atoms with Crippen molar-refractivity contribution in [3.63, 3.8) is 0 Å². The van der Waals surface area contributed by atoms with Gasteiger partial charge in [0.2, 0.25) is 11.8 Å². The Hall–Kier alpha value is -3.15. The molecule has 2 aromatic rings. The van der Waals surface area contributed by atoms with E-state index in [0.29, 0.717) is 24.4 Å². The molecule has 1 saturated heterocycles. The third-order valence-electron chi connectivity index (χ3n) is 4.94. The number of rotatable bonds is 7. The molecule has 0 N–H and O–H groups in total. The van der Waals surface area contributed by atoms with Crippen molar-refractivity contribution in [3.05, 3.63) is 60.2 Å². The highest BCUT2D eigenvalue weighted by Gasteiger charge is 2.43. The highest BCUT2D eigenvalue weighted by molar-refractivity contribution is 6.23. The molecule has 0 aliphatic carbocycles. The van der Waals surface area contributed by atoms with Crippen LogP contribution in [0.25, 0.3) is 0 Å². The van der Waals surface area contributed by atoms with Crippen LogP contribution in [0.1, 0.15) is 25.3 Å². The van der Waals surface area contributed by atoms with Gasteiger partial charge in [0.1, 0.15) is 11.8 Å².